The molecule has 2 N–H and O–H groups in total. The Balaban J connectivity index is 2.39. The smallest absolute Gasteiger partial charge is 0.0949 e. The van der Waals surface area contributed by atoms with Gasteiger partial charge in [0.1, 0.15) is 0 Å². The lowest BCUT2D eigenvalue weighted by atomic mass is 10.3. The molecule has 0 saturated carbocycles. The van der Waals surface area contributed by atoms with Crippen LogP contribution in [-0.2, 0) is 11.3 Å². The van der Waals surface area contributed by atoms with E-state index in [-0.39, 0.29) is 6.04 Å². The van der Waals surface area contributed by atoms with Crippen LogP contribution in [0.1, 0.15) is 18.7 Å². The fourth-order valence-electron chi connectivity index (χ4n) is 1.53. The second-order valence-corrected chi connectivity index (χ2v) is 4.10. The molecule has 1 heterocycles. The minimum absolute atomic E-state index is 0.0341. The summed E-state index contributed by atoms with van der Waals surface area (Å²) >= 11 is 0. The first-order valence-corrected chi connectivity index (χ1v) is 5.58. The second kappa shape index (κ2) is 6.62. The van der Waals surface area contributed by atoms with Crippen molar-refractivity contribution >= 4 is 0 Å². The molecular formula is C11H22N4O. The predicted molar refractivity (Wildman–Crippen MR) is 64.2 cm³/mol. The maximum atomic E-state index is 5.85. The van der Waals surface area contributed by atoms with E-state index in [9.17, 15) is 0 Å². The van der Waals surface area contributed by atoms with E-state index in [4.69, 9.17) is 10.5 Å². The highest BCUT2D eigenvalue weighted by Gasteiger charge is 2.07. The van der Waals surface area contributed by atoms with E-state index in [1.807, 2.05) is 19.4 Å². The van der Waals surface area contributed by atoms with Gasteiger partial charge in [0.05, 0.1) is 18.6 Å². The largest absolute Gasteiger partial charge is 0.383 e. The number of hydrogen-bond donors (Lipinski definition) is 1. The minimum atomic E-state index is 0.0341. The van der Waals surface area contributed by atoms with E-state index in [0.29, 0.717) is 0 Å². The number of aromatic nitrogens is 2. The maximum absolute atomic E-state index is 5.85. The highest BCUT2D eigenvalue weighted by atomic mass is 16.5. The van der Waals surface area contributed by atoms with Crippen LogP contribution in [0.4, 0.5) is 0 Å². The normalized spacial score (nSPS) is 13.3. The Kier molecular flexibility index (Phi) is 5.45. The van der Waals surface area contributed by atoms with Crippen molar-refractivity contribution in [3.63, 3.8) is 0 Å². The number of hydrogen-bond acceptors (Lipinski definition) is 4. The van der Waals surface area contributed by atoms with E-state index < -0.39 is 0 Å². The molecule has 0 aliphatic heterocycles. The van der Waals surface area contributed by atoms with Crippen molar-refractivity contribution in [2.75, 3.05) is 33.9 Å². The molecule has 0 radical (unpaired) electrons. The number of methoxy groups -OCH3 is 1. The van der Waals surface area contributed by atoms with Crippen molar-refractivity contribution in [1.29, 1.82) is 0 Å². The fourth-order valence-corrected chi connectivity index (χ4v) is 1.53. The average molecular weight is 226 g/mol. The van der Waals surface area contributed by atoms with Crippen LogP contribution in [0.15, 0.2) is 12.5 Å². The van der Waals surface area contributed by atoms with E-state index in [0.717, 1.165) is 31.9 Å². The zero-order valence-electron chi connectivity index (χ0n) is 10.4. The molecule has 1 rings (SSSR count). The standard InChI is InChI=1S/C11H22N4O/c1-10(12)11-8-13-9-15(11)5-4-14(2)6-7-16-3/h8-10H,4-7,12H2,1-3H3. The average Bonchev–Trinajstić information content (AvgIpc) is 2.71. The highest BCUT2D eigenvalue weighted by molar-refractivity contribution is 5.02. The quantitative estimate of drug-likeness (QED) is 0.735. The Hall–Kier alpha value is -0.910. The van der Waals surface area contributed by atoms with Crippen LogP contribution in [0, 0.1) is 0 Å². The summed E-state index contributed by atoms with van der Waals surface area (Å²) in [4.78, 5) is 6.35. The summed E-state index contributed by atoms with van der Waals surface area (Å²) < 4.78 is 7.14. The van der Waals surface area contributed by atoms with Crippen LogP contribution in [0.5, 0.6) is 0 Å². The molecular weight excluding hydrogens is 204 g/mol. The number of imidazole rings is 1. The topological polar surface area (TPSA) is 56.3 Å². The lowest BCUT2D eigenvalue weighted by molar-refractivity contribution is 0.159. The van der Waals surface area contributed by atoms with Gasteiger partial charge in [-0.15, -0.1) is 0 Å². The summed E-state index contributed by atoms with van der Waals surface area (Å²) in [6.45, 7) is 5.57. The van der Waals surface area contributed by atoms with Crippen LogP contribution in [-0.4, -0.2) is 48.3 Å². The highest BCUT2D eigenvalue weighted by Crippen LogP contribution is 2.08. The monoisotopic (exact) mass is 226 g/mol. The molecule has 92 valence electrons. The summed E-state index contributed by atoms with van der Waals surface area (Å²) in [7, 11) is 3.80. The molecule has 1 unspecified atom stereocenters. The van der Waals surface area contributed by atoms with Crippen molar-refractivity contribution in [3.05, 3.63) is 18.2 Å². The van der Waals surface area contributed by atoms with Gasteiger partial charge in [0.25, 0.3) is 0 Å². The summed E-state index contributed by atoms with van der Waals surface area (Å²) in [5.74, 6) is 0. The van der Waals surface area contributed by atoms with Gasteiger partial charge in [-0.1, -0.05) is 0 Å². The van der Waals surface area contributed by atoms with Gasteiger partial charge in [-0.05, 0) is 14.0 Å². The molecule has 5 heteroatoms. The van der Waals surface area contributed by atoms with E-state index in [2.05, 4.69) is 21.5 Å². The Bertz CT molecular complexity index is 298. The van der Waals surface area contributed by atoms with E-state index in [1.54, 1.807) is 7.11 Å². The van der Waals surface area contributed by atoms with Gasteiger partial charge in [0, 0.05) is 39.0 Å². The second-order valence-electron chi connectivity index (χ2n) is 4.10. The van der Waals surface area contributed by atoms with Crippen molar-refractivity contribution in [2.24, 2.45) is 5.73 Å². The molecule has 1 atom stereocenters. The number of likely N-dealkylation sites (N-methyl/N-ethyl adjacent to an activating group) is 1. The molecule has 0 fully saturated rings. The predicted octanol–water partition coefficient (Wildman–Crippen LogP) is 0.481. The van der Waals surface area contributed by atoms with Crippen LogP contribution in [0.2, 0.25) is 0 Å². The van der Waals surface area contributed by atoms with Gasteiger partial charge in [-0.3, -0.25) is 0 Å². The molecule has 0 aromatic carbocycles. The maximum Gasteiger partial charge on any atom is 0.0949 e. The SMILES string of the molecule is COCCN(C)CCn1cncc1C(C)N. The lowest BCUT2D eigenvalue weighted by Crippen LogP contribution is -2.27. The molecule has 0 aliphatic rings. The first kappa shape index (κ1) is 13.2. The third-order valence-corrected chi connectivity index (χ3v) is 2.61. The van der Waals surface area contributed by atoms with E-state index >= 15 is 0 Å². The fraction of sp³-hybridized carbons (Fsp3) is 0.727. The number of rotatable bonds is 7. The van der Waals surface area contributed by atoms with Gasteiger partial charge in [0.2, 0.25) is 0 Å². The van der Waals surface area contributed by atoms with Crippen molar-refractivity contribution in [3.8, 4) is 0 Å². The van der Waals surface area contributed by atoms with Crippen LogP contribution >= 0.6 is 0 Å². The van der Waals surface area contributed by atoms with Gasteiger partial charge in [-0.2, -0.15) is 0 Å². The summed E-state index contributed by atoms with van der Waals surface area (Å²) in [5, 5.41) is 0. The van der Waals surface area contributed by atoms with Gasteiger partial charge in [-0.25, -0.2) is 4.98 Å². The molecule has 5 nitrogen and oxygen atoms in total. The third kappa shape index (κ3) is 3.92. The van der Waals surface area contributed by atoms with Crippen LogP contribution < -0.4 is 5.73 Å². The lowest BCUT2D eigenvalue weighted by Gasteiger charge is -2.17. The zero-order chi connectivity index (χ0) is 12.0. The summed E-state index contributed by atoms with van der Waals surface area (Å²) in [5.41, 5.74) is 6.93. The van der Waals surface area contributed by atoms with Crippen LogP contribution in [0.25, 0.3) is 0 Å². The number of nitrogens with two attached hydrogens (primary N) is 1. The Morgan fingerprint density at radius 3 is 2.94 bits per heavy atom. The van der Waals surface area contributed by atoms with Crippen LogP contribution in [0.3, 0.4) is 0 Å². The molecule has 16 heavy (non-hydrogen) atoms. The minimum Gasteiger partial charge on any atom is -0.383 e. The first-order valence-electron chi connectivity index (χ1n) is 5.58. The first-order chi connectivity index (χ1) is 7.65. The number of nitrogens with zero attached hydrogens (tertiary/aromatic N) is 3. The van der Waals surface area contributed by atoms with Gasteiger partial charge in [0.15, 0.2) is 0 Å². The van der Waals surface area contributed by atoms with Gasteiger partial charge < -0.3 is 19.9 Å². The molecule has 1 aromatic heterocycles. The Morgan fingerprint density at radius 2 is 2.31 bits per heavy atom. The molecule has 0 bridgehead atoms. The summed E-state index contributed by atoms with van der Waals surface area (Å²) in [6, 6.07) is 0.0341. The molecule has 0 spiro atoms. The Morgan fingerprint density at radius 1 is 1.56 bits per heavy atom. The van der Waals surface area contributed by atoms with Crippen molar-refractivity contribution in [2.45, 2.75) is 19.5 Å². The Labute approximate surface area is 97.2 Å². The summed E-state index contributed by atoms with van der Waals surface area (Å²) in [6.07, 6.45) is 3.67. The molecule has 0 saturated heterocycles. The van der Waals surface area contributed by atoms with Crippen molar-refractivity contribution in [1.82, 2.24) is 14.5 Å². The zero-order valence-corrected chi connectivity index (χ0v) is 10.4. The molecule has 1 aromatic rings. The van der Waals surface area contributed by atoms with Gasteiger partial charge >= 0.3 is 0 Å². The molecule has 0 aliphatic carbocycles. The van der Waals surface area contributed by atoms with Crippen molar-refractivity contribution < 1.29 is 4.74 Å². The third-order valence-electron chi connectivity index (χ3n) is 2.61. The molecule has 0 amide bonds. The van der Waals surface area contributed by atoms with E-state index in [1.165, 1.54) is 0 Å². The number of ether oxygens (including phenoxy) is 1.